The van der Waals surface area contributed by atoms with Gasteiger partial charge in [0.1, 0.15) is 0 Å². The van der Waals surface area contributed by atoms with Gasteiger partial charge in [-0.3, -0.25) is 0 Å². The average Bonchev–Trinajstić information content (AvgIpc) is 2.07. The molecule has 0 aromatic heterocycles. The van der Waals surface area contributed by atoms with Crippen molar-refractivity contribution in [1.82, 2.24) is 4.90 Å². The van der Waals surface area contributed by atoms with Gasteiger partial charge in [0.2, 0.25) is 0 Å². The van der Waals surface area contributed by atoms with Crippen molar-refractivity contribution >= 4 is 0 Å². The van der Waals surface area contributed by atoms with E-state index in [2.05, 4.69) is 25.1 Å². The first-order valence-electron chi connectivity index (χ1n) is 3.98. The highest BCUT2D eigenvalue weighted by Crippen LogP contribution is 2.11. The number of hydrogen-bond acceptors (Lipinski definition) is 2. The zero-order valence-corrected chi connectivity index (χ0v) is 7.13. The van der Waals surface area contributed by atoms with Crippen LogP contribution in [-0.2, 0) is 4.74 Å². The van der Waals surface area contributed by atoms with Gasteiger partial charge in [-0.05, 0) is 12.5 Å². The molecule has 11 heavy (non-hydrogen) atoms. The number of rotatable bonds is 3. The molecule has 1 radical (unpaired) electrons. The average molecular weight is 152 g/mol. The van der Waals surface area contributed by atoms with Crippen molar-refractivity contribution in [2.24, 2.45) is 0 Å². The van der Waals surface area contributed by atoms with E-state index >= 15 is 0 Å². The molecule has 0 fully saturated rings. The molecule has 1 heterocycles. The summed E-state index contributed by atoms with van der Waals surface area (Å²) in [6.45, 7) is 3.23. The summed E-state index contributed by atoms with van der Waals surface area (Å²) in [5, 5.41) is 0. The summed E-state index contributed by atoms with van der Waals surface area (Å²) in [5.74, 6) is 0. The second-order valence-corrected chi connectivity index (χ2v) is 2.66. The molecule has 0 N–H and O–H groups in total. The lowest BCUT2D eigenvalue weighted by molar-refractivity contribution is 0.312. The molecule has 0 unspecified atom stereocenters. The monoisotopic (exact) mass is 152 g/mol. The Balaban J connectivity index is 2.39. The molecular weight excluding hydrogens is 138 g/mol. The van der Waals surface area contributed by atoms with Gasteiger partial charge in [-0.2, -0.15) is 0 Å². The van der Waals surface area contributed by atoms with Crippen LogP contribution in [0.5, 0.6) is 0 Å². The Bertz CT molecular complexity index is 172. The van der Waals surface area contributed by atoms with E-state index in [4.69, 9.17) is 4.74 Å². The topological polar surface area (TPSA) is 12.5 Å². The van der Waals surface area contributed by atoms with E-state index < -0.39 is 0 Å². The van der Waals surface area contributed by atoms with E-state index in [1.165, 1.54) is 0 Å². The summed E-state index contributed by atoms with van der Waals surface area (Å²) in [7, 11) is 2.06. The molecule has 2 nitrogen and oxygen atoms in total. The van der Waals surface area contributed by atoms with Crippen LogP contribution in [0.1, 0.15) is 19.8 Å². The SMILES string of the molecule is CCCN(C)C1=[C]OC=CC1. The minimum absolute atomic E-state index is 0.941. The zero-order valence-electron chi connectivity index (χ0n) is 7.13. The third-order valence-electron chi connectivity index (χ3n) is 1.67. The first-order chi connectivity index (χ1) is 5.34. The van der Waals surface area contributed by atoms with Crippen LogP contribution >= 0.6 is 0 Å². The Morgan fingerprint density at radius 1 is 1.73 bits per heavy atom. The van der Waals surface area contributed by atoms with Crippen molar-refractivity contribution in [2.75, 3.05) is 13.6 Å². The highest BCUT2D eigenvalue weighted by atomic mass is 16.5. The second-order valence-electron chi connectivity index (χ2n) is 2.66. The maximum atomic E-state index is 4.94. The molecule has 0 amide bonds. The minimum Gasteiger partial charge on any atom is -0.459 e. The number of hydrogen-bond donors (Lipinski definition) is 0. The third-order valence-corrected chi connectivity index (χ3v) is 1.67. The van der Waals surface area contributed by atoms with Gasteiger partial charge in [-0.25, -0.2) is 0 Å². The normalized spacial score (nSPS) is 15.6. The van der Waals surface area contributed by atoms with Gasteiger partial charge in [-0.15, -0.1) is 0 Å². The minimum atomic E-state index is 0.941. The predicted molar refractivity (Wildman–Crippen MR) is 44.5 cm³/mol. The Labute approximate surface area is 68.1 Å². The molecule has 0 aromatic carbocycles. The molecule has 0 atom stereocenters. The van der Waals surface area contributed by atoms with E-state index in [0.717, 1.165) is 25.1 Å². The lowest BCUT2D eigenvalue weighted by atomic mass is 10.2. The van der Waals surface area contributed by atoms with Crippen LogP contribution in [0.25, 0.3) is 0 Å². The summed E-state index contributed by atoms with van der Waals surface area (Å²) in [6, 6.07) is 0. The molecule has 0 spiro atoms. The molecule has 0 bridgehead atoms. The van der Waals surface area contributed by atoms with Gasteiger partial charge in [0.05, 0.1) is 12.0 Å². The Hall–Kier alpha value is -0.920. The lowest BCUT2D eigenvalue weighted by Crippen LogP contribution is -2.19. The molecule has 1 aliphatic heterocycles. The van der Waals surface area contributed by atoms with Crippen molar-refractivity contribution in [2.45, 2.75) is 19.8 Å². The molecule has 1 aliphatic rings. The molecular formula is C9H14NO. The van der Waals surface area contributed by atoms with E-state index in [-0.39, 0.29) is 0 Å². The van der Waals surface area contributed by atoms with Gasteiger partial charge < -0.3 is 9.64 Å². The largest absolute Gasteiger partial charge is 0.459 e. The van der Waals surface area contributed by atoms with Crippen molar-refractivity contribution in [3.8, 4) is 0 Å². The smallest absolute Gasteiger partial charge is 0.190 e. The number of nitrogens with zero attached hydrogens (tertiary/aromatic N) is 1. The van der Waals surface area contributed by atoms with Gasteiger partial charge in [0, 0.05) is 20.0 Å². The third kappa shape index (κ3) is 2.30. The van der Waals surface area contributed by atoms with Gasteiger partial charge in [0.15, 0.2) is 6.26 Å². The van der Waals surface area contributed by atoms with Crippen LogP contribution in [0.15, 0.2) is 18.0 Å². The fourth-order valence-corrected chi connectivity index (χ4v) is 1.06. The molecule has 2 heteroatoms. The molecule has 0 saturated carbocycles. The second kappa shape index (κ2) is 4.06. The van der Waals surface area contributed by atoms with Crippen molar-refractivity contribution in [3.63, 3.8) is 0 Å². The van der Waals surface area contributed by atoms with E-state index in [1.54, 1.807) is 6.26 Å². The fraction of sp³-hybridized carbons (Fsp3) is 0.556. The van der Waals surface area contributed by atoms with E-state index in [0.29, 0.717) is 0 Å². The fourth-order valence-electron chi connectivity index (χ4n) is 1.06. The van der Waals surface area contributed by atoms with Crippen LogP contribution in [0, 0.1) is 6.26 Å². The summed E-state index contributed by atoms with van der Waals surface area (Å²) < 4.78 is 4.94. The van der Waals surface area contributed by atoms with Crippen molar-refractivity contribution < 1.29 is 4.74 Å². The molecule has 0 aliphatic carbocycles. The van der Waals surface area contributed by atoms with Crippen molar-refractivity contribution in [1.29, 1.82) is 0 Å². The van der Waals surface area contributed by atoms with Crippen LogP contribution in [0.3, 0.4) is 0 Å². The maximum absolute atomic E-state index is 4.94. The molecule has 61 valence electrons. The number of ether oxygens (including phenoxy) is 1. The van der Waals surface area contributed by atoms with Gasteiger partial charge in [-0.1, -0.05) is 6.92 Å². The van der Waals surface area contributed by atoms with E-state index in [1.807, 2.05) is 6.08 Å². The lowest BCUT2D eigenvalue weighted by Gasteiger charge is -2.21. The molecule has 0 aromatic rings. The van der Waals surface area contributed by atoms with Crippen LogP contribution in [0.4, 0.5) is 0 Å². The number of allylic oxidation sites excluding steroid dienone is 1. The Kier molecular flexibility index (Phi) is 3.02. The molecule has 1 rings (SSSR count). The first kappa shape index (κ1) is 8.18. The quantitative estimate of drug-likeness (QED) is 0.612. The summed E-state index contributed by atoms with van der Waals surface area (Å²) in [4.78, 5) is 2.17. The zero-order chi connectivity index (χ0) is 8.10. The predicted octanol–water partition coefficient (Wildman–Crippen LogP) is 1.91. The van der Waals surface area contributed by atoms with Crippen LogP contribution < -0.4 is 0 Å². The maximum Gasteiger partial charge on any atom is 0.190 e. The summed E-state index contributed by atoms with van der Waals surface area (Å²) >= 11 is 0. The van der Waals surface area contributed by atoms with E-state index in [9.17, 15) is 0 Å². The van der Waals surface area contributed by atoms with Crippen molar-refractivity contribution in [3.05, 3.63) is 24.3 Å². The van der Waals surface area contributed by atoms with Gasteiger partial charge >= 0.3 is 0 Å². The highest BCUT2D eigenvalue weighted by Gasteiger charge is 2.04. The van der Waals surface area contributed by atoms with Gasteiger partial charge in [0.25, 0.3) is 0 Å². The standard InChI is InChI=1S/C9H14NO/c1-3-6-10(2)9-5-4-7-11-8-9/h4,7H,3,5-6H2,1-2H3. The molecule has 0 saturated heterocycles. The Morgan fingerprint density at radius 3 is 3.09 bits per heavy atom. The first-order valence-corrected chi connectivity index (χ1v) is 3.98. The van der Waals surface area contributed by atoms with Crippen LogP contribution in [-0.4, -0.2) is 18.5 Å². The summed E-state index contributed by atoms with van der Waals surface area (Å²) in [5.41, 5.74) is 1.13. The van der Waals surface area contributed by atoms with Crippen LogP contribution in [0.2, 0.25) is 0 Å². The Morgan fingerprint density at radius 2 is 2.55 bits per heavy atom. The summed E-state index contributed by atoms with van der Waals surface area (Å²) in [6.07, 6.45) is 8.63. The highest BCUT2D eigenvalue weighted by molar-refractivity contribution is 5.02.